The number of hydrogen-bond acceptors (Lipinski definition) is 5. The Balaban J connectivity index is 1.99. The Morgan fingerprint density at radius 1 is 1.00 bits per heavy atom. The second-order valence-electron chi connectivity index (χ2n) is 7.23. The molecule has 0 atom stereocenters. The second-order valence-corrected chi connectivity index (χ2v) is 9.50. The number of carbonyl (C=O) groups excluding carboxylic acids is 1. The topological polar surface area (TPSA) is 84.9 Å². The quantitative estimate of drug-likeness (QED) is 0.446. The summed E-state index contributed by atoms with van der Waals surface area (Å²) in [6.07, 6.45) is 0.844. The molecular formula is C24H24ClFN2O5S. The lowest BCUT2D eigenvalue weighted by atomic mass is 10.1. The molecule has 0 radical (unpaired) electrons. The molecule has 0 aliphatic carbocycles. The van der Waals surface area contributed by atoms with Gasteiger partial charge in [-0.25, -0.2) is 12.8 Å². The lowest BCUT2D eigenvalue weighted by Gasteiger charge is -2.25. The highest BCUT2D eigenvalue weighted by Gasteiger charge is 2.29. The normalized spacial score (nSPS) is 11.1. The summed E-state index contributed by atoms with van der Waals surface area (Å²) >= 11 is 5.90. The first kappa shape index (κ1) is 25.3. The standard InChI is InChI=1S/C24H24ClFN2O5S/c1-4-16-5-7-17(8-6-16)27-24(29)15-28(18-9-11-21(26)20(25)13-18)34(30,31)19-10-12-22(32-2)23(14-19)33-3/h5-14H,4,15H2,1-3H3,(H,27,29). The first-order chi connectivity index (χ1) is 16.2. The predicted octanol–water partition coefficient (Wildman–Crippen LogP) is 4.89. The maximum atomic E-state index is 13.8. The Morgan fingerprint density at radius 3 is 2.26 bits per heavy atom. The number of halogens is 2. The molecule has 3 aromatic carbocycles. The van der Waals surface area contributed by atoms with Gasteiger partial charge in [0.1, 0.15) is 12.4 Å². The molecule has 0 saturated heterocycles. The van der Waals surface area contributed by atoms with Gasteiger partial charge in [-0.15, -0.1) is 0 Å². The van der Waals surface area contributed by atoms with Gasteiger partial charge in [0.15, 0.2) is 11.5 Å². The molecular weight excluding hydrogens is 483 g/mol. The van der Waals surface area contributed by atoms with Crippen LogP contribution in [0.15, 0.2) is 65.6 Å². The van der Waals surface area contributed by atoms with Crippen LogP contribution >= 0.6 is 11.6 Å². The van der Waals surface area contributed by atoms with Crippen molar-refractivity contribution in [2.45, 2.75) is 18.2 Å². The van der Waals surface area contributed by atoms with Crippen LogP contribution in [0.25, 0.3) is 0 Å². The van der Waals surface area contributed by atoms with Crippen LogP contribution in [-0.4, -0.2) is 35.1 Å². The van der Waals surface area contributed by atoms with E-state index in [1.807, 2.05) is 19.1 Å². The minimum absolute atomic E-state index is 0.0256. The molecule has 180 valence electrons. The zero-order valence-electron chi connectivity index (χ0n) is 18.8. The van der Waals surface area contributed by atoms with Crippen molar-refractivity contribution in [2.75, 3.05) is 30.4 Å². The zero-order valence-corrected chi connectivity index (χ0v) is 20.4. The Morgan fingerprint density at radius 2 is 1.68 bits per heavy atom. The van der Waals surface area contributed by atoms with Gasteiger partial charge in [-0.2, -0.15) is 0 Å². The highest BCUT2D eigenvalue weighted by molar-refractivity contribution is 7.92. The summed E-state index contributed by atoms with van der Waals surface area (Å²) in [5.74, 6) is -0.768. The van der Waals surface area contributed by atoms with E-state index in [2.05, 4.69) is 5.32 Å². The molecule has 1 amide bonds. The third kappa shape index (κ3) is 5.60. The average molecular weight is 507 g/mol. The first-order valence-electron chi connectivity index (χ1n) is 10.3. The second kappa shape index (κ2) is 10.8. The highest BCUT2D eigenvalue weighted by atomic mass is 35.5. The summed E-state index contributed by atoms with van der Waals surface area (Å²) in [7, 11) is -1.48. The van der Waals surface area contributed by atoms with Gasteiger partial charge in [-0.1, -0.05) is 30.7 Å². The van der Waals surface area contributed by atoms with E-state index in [9.17, 15) is 17.6 Å². The summed E-state index contributed by atoms with van der Waals surface area (Å²) in [4.78, 5) is 12.7. The molecule has 0 heterocycles. The molecule has 0 spiro atoms. The molecule has 7 nitrogen and oxygen atoms in total. The number of nitrogens with one attached hydrogen (secondary N) is 1. The Kier molecular flexibility index (Phi) is 8.01. The van der Waals surface area contributed by atoms with Gasteiger partial charge >= 0.3 is 0 Å². The summed E-state index contributed by atoms with van der Waals surface area (Å²) in [6.45, 7) is 1.44. The largest absolute Gasteiger partial charge is 0.493 e. The molecule has 0 bridgehead atoms. The van der Waals surface area contributed by atoms with Crippen LogP contribution in [-0.2, 0) is 21.2 Å². The molecule has 0 unspecified atom stereocenters. The molecule has 0 fully saturated rings. The van der Waals surface area contributed by atoms with Gasteiger partial charge in [0.25, 0.3) is 10.0 Å². The number of nitrogens with zero attached hydrogens (tertiary/aromatic N) is 1. The van der Waals surface area contributed by atoms with Crippen LogP contribution in [0.4, 0.5) is 15.8 Å². The van der Waals surface area contributed by atoms with Crippen molar-refractivity contribution >= 4 is 38.9 Å². The van der Waals surface area contributed by atoms with E-state index in [1.165, 1.54) is 38.5 Å². The predicted molar refractivity (Wildman–Crippen MR) is 130 cm³/mol. The molecule has 0 aliphatic rings. The van der Waals surface area contributed by atoms with Crippen LogP contribution in [0, 0.1) is 5.82 Å². The number of rotatable bonds is 9. The molecule has 0 aromatic heterocycles. The summed E-state index contributed by atoms with van der Waals surface area (Å²) in [5.41, 5.74) is 1.64. The summed E-state index contributed by atoms with van der Waals surface area (Å²) in [5, 5.41) is 2.41. The molecule has 0 aliphatic heterocycles. The van der Waals surface area contributed by atoms with E-state index in [0.717, 1.165) is 28.4 Å². The fourth-order valence-electron chi connectivity index (χ4n) is 3.21. The summed E-state index contributed by atoms with van der Waals surface area (Å²) in [6, 6.07) is 14.7. The van der Waals surface area contributed by atoms with E-state index >= 15 is 0 Å². The number of carbonyl (C=O) groups is 1. The molecule has 34 heavy (non-hydrogen) atoms. The smallest absolute Gasteiger partial charge is 0.264 e. The Hall–Kier alpha value is -3.30. The van der Waals surface area contributed by atoms with Crippen molar-refractivity contribution in [3.63, 3.8) is 0 Å². The monoisotopic (exact) mass is 506 g/mol. The third-order valence-corrected chi connectivity index (χ3v) is 7.13. The number of methoxy groups -OCH3 is 2. The van der Waals surface area contributed by atoms with E-state index < -0.39 is 28.3 Å². The average Bonchev–Trinajstić information content (AvgIpc) is 2.84. The maximum Gasteiger partial charge on any atom is 0.264 e. The highest BCUT2D eigenvalue weighted by Crippen LogP contribution is 2.33. The van der Waals surface area contributed by atoms with E-state index in [0.29, 0.717) is 11.4 Å². The van der Waals surface area contributed by atoms with Gasteiger partial charge in [0, 0.05) is 11.8 Å². The third-order valence-electron chi connectivity index (χ3n) is 5.07. The van der Waals surface area contributed by atoms with E-state index in [4.69, 9.17) is 21.1 Å². The zero-order chi connectivity index (χ0) is 24.9. The molecule has 1 N–H and O–H groups in total. The van der Waals surface area contributed by atoms with Crippen molar-refractivity contribution in [1.29, 1.82) is 0 Å². The Bertz CT molecular complexity index is 1280. The fourth-order valence-corrected chi connectivity index (χ4v) is 4.82. The van der Waals surface area contributed by atoms with Gasteiger partial charge in [-0.05, 0) is 54.4 Å². The van der Waals surface area contributed by atoms with Crippen molar-refractivity contribution in [3.05, 3.63) is 77.1 Å². The molecule has 3 aromatic rings. The fraction of sp³-hybridized carbons (Fsp3) is 0.208. The lowest BCUT2D eigenvalue weighted by Crippen LogP contribution is -2.38. The number of anilines is 2. The van der Waals surface area contributed by atoms with E-state index in [1.54, 1.807) is 12.1 Å². The Labute approximate surface area is 203 Å². The van der Waals surface area contributed by atoms with Crippen molar-refractivity contribution in [1.82, 2.24) is 0 Å². The van der Waals surface area contributed by atoms with Crippen LogP contribution in [0.1, 0.15) is 12.5 Å². The van der Waals surface area contributed by atoms with Gasteiger partial charge in [-0.3, -0.25) is 9.10 Å². The molecule has 10 heteroatoms. The summed E-state index contributed by atoms with van der Waals surface area (Å²) < 4.78 is 52.2. The van der Waals surface area contributed by atoms with Crippen LogP contribution < -0.4 is 19.1 Å². The lowest BCUT2D eigenvalue weighted by molar-refractivity contribution is -0.114. The molecule has 0 saturated carbocycles. The number of ether oxygens (including phenoxy) is 2. The van der Waals surface area contributed by atoms with E-state index in [-0.39, 0.29) is 21.4 Å². The van der Waals surface area contributed by atoms with Gasteiger partial charge in [0.2, 0.25) is 5.91 Å². The number of amides is 1. The number of aryl methyl sites for hydroxylation is 1. The van der Waals surface area contributed by atoms with Crippen LogP contribution in [0.3, 0.4) is 0 Å². The van der Waals surface area contributed by atoms with Crippen molar-refractivity contribution < 1.29 is 27.1 Å². The minimum atomic E-state index is -4.28. The number of benzene rings is 3. The van der Waals surface area contributed by atoms with Crippen LogP contribution in [0.2, 0.25) is 5.02 Å². The van der Waals surface area contributed by atoms with Gasteiger partial charge in [0.05, 0.1) is 29.8 Å². The maximum absolute atomic E-state index is 13.8. The molecule has 3 rings (SSSR count). The van der Waals surface area contributed by atoms with Crippen molar-refractivity contribution in [2.24, 2.45) is 0 Å². The number of sulfonamides is 1. The number of hydrogen-bond donors (Lipinski definition) is 1. The first-order valence-corrected chi connectivity index (χ1v) is 12.1. The van der Waals surface area contributed by atoms with Crippen molar-refractivity contribution in [3.8, 4) is 11.5 Å². The van der Waals surface area contributed by atoms with Gasteiger partial charge < -0.3 is 14.8 Å². The van der Waals surface area contributed by atoms with Crippen LogP contribution in [0.5, 0.6) is 11.5 Å². The minimum Gasteiger partial charge on any atom is -0.493 e. The SMILES string of the molecule is CCc1ccc(NC(=O)CN(c2ccc(F)c(Cl)c2)S(=O)(=O)c2ccc(OC)c(OC)c2)cc1.